The lowest BCUT2D eigenvalue weighted by atomic mass is 9.79. The highest BCUT2D eigenvalue weighted by molar-refractivity contribution is 5.78. The van der Waals surface area contributed by atoms with E-state index >= 15 is 0 Å². The minimum Gasteiger partial charge on any atom is -0.389 e. The van der Waals surface area contributed by atoms with Crippen molar-refractivity contribution in [2.75, 3.05) is 20.1 Å². The van der Waals surface area contributed by atoms with E-state index in [-0.39, 0.29) is 5.91 Å². The lowest BCUT2D eigenvalue weighted by molar-refractivity contribution is -0.123. The first kappa shape index (κ1) is 13.8. The van der Waals surface area contributed by atoms with Gasteiger partial charge in [0.05, 0.1) is 12.1 Å². The highest BCUT2D eigenvalue weighted by Crippen LogP contribution is 2.32. The van der Waals surface area contributed by atoms with Crippen LogP contribution in [-0.4, -0.2) is 47.7 Å². The largest absolute Gasteiger partial charge is 0.389 e. The molecule has 2 N–H and O–H groups in total. The standard InChI is InChI=1S/C14H26N2O2/c1-11-5-7-14(18,8-6-11)10-16(2)9-13(17)15-12-3-4-12/h11-12,18H,3-10H2,1-2H3,(H,15,17). The van der Waals surface area contributed by atoms with Gasteiger partial charge in [-0.2, -0.15) is 0 Å². The molecule has 2 aliphatic carbocycles. The third-order valence-corrected chi connectivity index (χ3v) is 4.13. The lowest BCUT2D eigenvalue weighted by Crippen LogP contribution is -2.47. The fourth-order valence-electron chi connectivity index (χ4n) is 2.76. The minimum atomic E-state index is -0.582. The first-order valence-corrected chi connectivity index (χ1v) is 7.17. The van der Waals surface area contributed by atoms with E-state index in [1.807, 2.05) is 11.9 Å². The molecule has 1 amide bonds. The van der Waals surface area contributed by atoms with Gasteiger partial charge in [-0.25, -0.2) is 0 Å². The van der Waals surface area contributed by atoms with Gasteiger partial charge in [-0.3, -0.25) is 9.69 Å². The summed E-state index contributed by atoms with van der Waals surface area (Å²) < 4.78 is 0. The molecule has 0 spiro atoms. The monoisotopic (exact) mass is 254 g/mol. The topological polar surface area (TPSA) is 52.6 Å². The second-order valence-corrected chi connectivity index (χ2v) is 6.42. The Hall–Kier alpha value is -0.610. The Bertz CT molecular complexity index is 294. The van der Waals surface area contributed by atoms with Crippen LogP contribution >= 0.6 is 0 Å². The number of amides is 1. The zero-order chi connectivity index (χ0) is 13.2. The number of carbonyl (C=O) groups is 1. The van der Waals surface area contributed by atoms with Crippen LogP contribution in [0, 0.1) is 5.92 Å². The van der Waals surface area contributed by atoms with Crippen LogP contribution < -0.4 is 5.32 Å². The van der Waals surface area contributed by atoms with Gasteiger partial charge in [0.25, 0.3) is 0 Å². The van der Waals surface area contributed by atoms with Crippen molar-refractivity contribution in [3.8, 4) is 0 Å². The van der Waals surface area contributed by atoms with Gasteiger partial charge in [-0.15, -0.1) is 0 Å². The molecule has 18 heavy (non-hydrogen) atoms. The van der Waals surface area contributed by atoms with Gasteiger partial charge in [0.1, 0.15) is 0 Å². The molecule has 4 heteroatoms. The summed E-state index contributed by atoms with van der Waals surface area (Å²) in [6.07, 6.45) is 6.16. The molecular weight excluding hydrogens is 228 g/mol. The van der Waals surface area contributed by atoms with Crippen molar-refractivity contribution in [1.29, 1.82) is 0 Å². The molecular formula is C14H26N2O2. The van der Waals surface area contributed by atoms with Crippen molar-refractivity contribution < 1.29 is 9.90 Å². The Morgan fingerprint density at radius 1 is 1.33 bits per heavy atom. The molecule has 2 fully saturated rings. The maximum absolute atomic E-state index is 11.7. The maximum Gasteiger partial charge on any atom is 0.234 e. The molecule has 0 aromatic rings. The zero-order valence-electron chi connectivity index (χ0n) is 11.6. The smallest absolute Gasteiger partial charge is 0.234 e. The summed E-state index contributed by atoms with van der Waals surface area (Å²) in [5, 5.41) is 13.5. The van der Waals surface area contributed by atoms with E-state index in [9.17, 15) is 9.90 Å². The Morgan fingerprint density at radius 2 is 1.94 bits per heavy atom. The van der Waals surface area contributed by atoms with Gasteiger partial charge in [0.2, 0.25) is 5.91 Å². The number of carbonyl (C=O) groups excluding carboxylic acids is 1. The Labute approximate surface area is 110 Å². The minimum absolute atomic E-state index is 0.0905. The summed E-state index contributed by atoms with van der Waals surface area (Å²) in [6, 6.07) is 0.421. The van der Waals surface area contributed by atoms with Gasteiger partial charge in [0, 0.05) is 12.6 Å². The molecule has 0 saturated heterocycles. The highest BCUT2D eigenvalue weighted by Gasteiger charge is 2.33. The van der Waals surface area contributed by atoms with Crippen LogP contribution in [0.25, 0.3) is 0 Å². The summed E-state index contributed by atoms with van der Waals surface area (Å²) in [5.41, 5.74) is -0.582. The fraction of sp³-hybridized carbons (Fsp3) is 0.929. The molecule has 0 atom stereocenters. The summed E-state index contributed by atoms with van der Waals surface area (Å²) in [4.78, 5) is 13.6. The number of aliphatic hydroxyl groups is 1. The van der Waals surface area contributed by atoms with E-state index in [0.717, 1.165) is 44.4 Å². The number of likely N-dealkylation sites (N-methyl/N-ethyl adjacent to an activating group) is 1. The van der Waals surface area contributed by atoms with Crippen LogP contribution in [0.1, 0.15) is 45.4 Å². The number of hydrogen-bond donors (Lipinski definition) is 2. The number of rotatable bonds is 5. The van der Waals surface area contributed by atoms with Gasteiger partial charge in [0.15, 0.2) is 0 Å². The Balaban J connectivity index is 1.71. The van der Waals surface area contributed by atoms with Gasteiger partial charge < -0.3 is 10.4 Å². The van der Waals surface area contributed by atoms with E-state index in [2.05, 4.69) is 12.2 Å². The van der Waals surface area contributed by atoms with Crippen molar-refractivity contribution in [2.45, 2.75) is 57.1 Å². The molecule has 2 saturated carbocycles. The Kier molecular flexibility index (Phi) is 4.28. The molecule has 0 heterocycles. The van der Waals surface area contributed by atoms with Crippen LogP contribution in [0.2, 0.25) is 0 Å². The average Bonchev–Trinajstić information content (AvgIpc) is 3.06. The van der Waals surface area contributed by atoms with Crippen LogP contribution in [0.3, 0.4) is 0 Å². The quantitative estimate of drug-likeness (QED) is 0.773. The molecule has 0 unspecified atom stereocenters. The van der Waals surface area contributed by atoms with Crippen molar-refractivity contribution >= 4 is 5.91 Å². The molecule has 2 aliphatic rings. The van der Waals surface area contributed by atoms with E-state index in [0.29, 0.717) is 19.1 Å². The van der Waals surface area contributed by atoms with Crippen LogP contribution in [0.5, 0.6) is 0 Å². The van der Waals surface area contributed by atoms with E-state index < -0.39 is 5.60 Å². The van der Waals surface area contributed by atoms with Crippen molar-refractivity contribution in [3.63, 3.8) is 0 Å². The average molecular weight is 254 g/mol. The molecule has 0 bridgehead atoms. The van der Waals surface area contributed by atoms with E-state index in [1.54, 1.807) is 0 Å². The van der Waals surface area contributed by atoms with Crippen molar-refractivity contribution in [2.24, 2.45) is 5.92 Å². The Morgan fingerprint density at radius 3 is 2.50 bits per heavy atom. The lowest BCUT2D eigenvalue weighted by Gasteiger charge is -2.37. The summed E-state index contributed by atoms with van der Waals surface area (Å²) in [5.74, 6) is 0.821. The maximum atomic E-state index is 11.7. The predicted octanol–water partition coefficient (Wildman–Crippen LogP) is 1.14. The second-order valence-electron chi connectivity index (χ2n) is 6.42. The summed E-state index contributed by atoms with van der Waals surface area (Å²) >= 11 is 0. The molecule has 104 valence electrons. The molecule has 0 aromatic carbocycles. The summed E-state index contributed by atoms with van der Waals surface area (Å²) in [6.45, 7) is 3.25. The third-order valence-electron chi connectivity index (χ3n) is 4.13. The molecule has 0 aliphatic heterocycles. The fourth-order valence-corrected chi connectivity index (χ4v) is 2.76. The molecule has 0 radical (unpaired) electrons. The van der Waals surface area contributed by atoms with Gasteiger partial charge in [-0.1, -0.05) is 6.92 Å². The summed E-state index contributed by atoms with van der Waals surface area (Å²) in [7, 11) is 1.92. The van der Waals surface area contributed by atoms with E-state index in [4.69, 9.17) is 0 Å². The second kappa shape index (κ2) is 5.57. The normalized spacial score (nSPS) is 32.6. The predicted molar refractivity (Wildman–Crippen MR) is 71.2 cm³/mol. The third kappa shape index (κ3) is 4.25. The van der Waals surface area contributed by atoms with Gasteiger partial charge in [-0.05, 0) is 51.5 Å². The first-order valence-electron chi connectivity index (χ1n) is 7.17. The number of nitrogens with one attached hydrogen (secondary N) is 1. The molecule has 4 nitrogen and oxygen atoms in total. The van der Waals surface area contributed by atoms with Gasteiger partial charge >= 0.3 is 0 Å². The van der Waals surface area contributed by atoms with Crippen LogP contribution in [0.4, 0.5) is 0 Å². The van der Waals surface area contributed by atoms with E-state index in [1.165, 1.54) is 0 Å². The highest BCUT2D eigenvalue weighted by atomic mass is 16.3. The molecule has 2 rings (SSSR count). The van der Waals surface area contributed by atoms with Crippen LogP contribution in [-0.2, 0) is 4.79 Å². The first-order chi connectivity index (χ1) is 8.47. The zero-order valence-corrected chi connectivity index (χ0v) is 11.6. The molecule has 0 aromatic heterocycles. The van der Waals surface area contributed by atoms with Crippen molar-refractivity contribution in [1.82, 2.24) is 10.2 Å². The van der Waals surface area contributed by atoms with Crippen LogP contribution in [0.15, 0.2) is 0 Å². The number of nitrogens with zero attached hydrogens (tertiary/aromatic N) is 1. The number of hydrogen-bond acceptors (Lipinski definition) is 3. The SMILES string of the molecule is CC1CCC(O)(CN(C)CC(=O)NC2CC2)CC1. The van der Waals surface area contributed by atoms with Crippen molar-refractivity contribution in [3.05, 3.63) is 0 Å².